The number of halogens is 1. The number of carbonyl (C=O) groups excluding carboxylic acids is 1. The summed E-state index contributed by atoms with van der Waals surface area (Å²) in [5.41, 5.74) is 2.47. The van der Waals surface area contributed by atoms with Crippen LogP contribution in [-0.4, -0.2) is 48.5 Å². The third kappa shape index (κ3) is 3.83. The first-order valence-corrected chi connectivity index (χ1v) is 11.4. The van der Waals surface area contributed by atoms with Crippen molar-refractivity contribution in [2.45, 2.75) is 37.8 Å². The second kappa shape index (κ2) is 8.24. The van der Waals surface area contributed by atoms with E-state index in [0.717, 1.165) is 56.2 Å². The van der Waals surface area contributed by atoms with Crippen molar-refractivity contribution in [2.75, 3.05) is 26.7 Å². The van der Waals surface area contributed by atoms with Crippen LogP contribution in [0.25, 0.3) is 0 Å². The molecule has 1 amide bonds. The van der Waals surface area contributed by atoms with Crippen molar-refractivity contribution in [3.63, 3.8) is 0 Å². The number of hydrogen-bond acceptors (Lipinski definition) is 3. The largest absolute Gasteiger partial charge is 0.497 e. The van der Waals surface area contributed by atoms with Crippen LogP contribution in [0.1, 0.15) is 36.3 Å². The van der Waals surface area contributed by atoms with Gasteiger partial charge in [-0.15, -0.1) is 0 Å². The van der Waals surface area contributed by atoms with Gasteiger partial charge in [0.15, 0.2) is 0 Å². The summed E-state index contributed by atoms with van der Waals surface area (Å²) in [7, 11) is 1.71. The van der Waals surface area contributed by atoms with Crippen molar-refractivity contribution >= 4 is 17.5 Å². The number of carbonyl (C=O) groups is 1. The van der Waals surface area contributed by atoms with Gasteiger partial charge in [-0.25, -0.2) is 0 Å². The molecule has 2 heterocycles. The minimum Gasteiger partial charge on any atom is -0.497 e. The first kappa shape index (κ1) is 19.9. The first-order valence-electron chi connectivity index (χ1n) is 11.0. The average Bonchev–Trinajstić information content (AvgIpc) is 3.56. The van der Waals surface area contributed by atoms with Crippen LogP contribution in [0.15, 0.2) is 48.5 Å². The van der Waals surface area contributed by atoms with Crippen LogP contribution >= 0.6 is 11.6 Å². The molecule has 158 valence electrons. The van der Waals surface area contributed by atoms with Crippen LogP contribution in [0.5, 0.6) is 5.75 Å². The molecule has 2 aromatic rings. The summed E-state index contributed by atoms with van der Waals surface area (Å²) in [4.78, 5) is 17.8. The molecule has 1 saturated carbocycles. The zero-order valence-electron chi connectivity index (χ0n) is 17.5. The van der Waals surface area contributed by atoms with E-state index in [1.807, 2.05) is 18.2 Å². The predicted octanol–water partition coefficient (Wildman–Crippen LogP) is 4.58. The molecule has 0 radical (unpaired) electrons. The molecule has 3 aliphatic rings. The molecular formula is C25H29ClN2O2. The van der Waals surface area contributed by atoms with Crippen molar-refractivity contribution in [1.29, 1.82) is 0 Å². The molecule has 5 rings (SSSR count). The van der Waals surface area contributed by atoms with Crippen molar-refractivity contribution in [2.24, 2.45) is 11.8 Å². The highest BCUT2D eigenvalue weighted by atomic mass is 35.5. The van der Waals surface area contributed by atoms with E-state index in [1.165, 1.54) is 11.1 Å². The van der Waals surface area contributed by atoms with Gasteiger partial charge in [-0.3, -0.25) is 9.69 Å². The SMILES string of the molecule is COc1cccc([C@@H]2CN(C(=O)C3CC3)[C@H]3CCN(Cc4ccccc4Cl)C[C@@H]23)c1. The average molecular weight is 425 g/mol. The fourth-order valence-corrected chi connectivity index (χ4v) is 5.55. The van der Waals surface area contributed by atoms with Gasteiger partial charge in [-0.1, -0.05) is 41.9 Å². The quantitative estimate of drug-likeness (QED) is 0.704. The molecule has 5 heteroatoms. The Balaban J connectivity index is 1.40. The first-order chi connectivity index (χ1) is 14.6. The van der Waals surface area contributed by atoms with E-state index < -0.39 is 0 Å². The van der Waals surface area contributed by atoms with E-state index in [0.29, 0.717) is 23.8 Å². The molecule has 3 fully saturated rings. The number of amides is 1. The molecule has 0 unspecified atom stereocenters. The van der Waals surface area contributed by atoms with Gasteiger partial charge in [0.2, 0.25) is 5.91 Å². The normalized spacial score (nSPS) is 26.5. The van der Waals surface area contributed by atoms with Crippen LogP contribution in [0, 0.1) is 11.8 Å². The Labute approximate surface area is 183 Å². The lowest BCUT2D eigenvalue weighted by atomic mass is 9.81. The fraction of sp³-hybridized carbons (Fsp3) is 0.480. The minimum atomic E-state index is 0.274. The molecule has 1 aliphatic carbocycles. The summed E-state index contributed by atoms with van der Waals surface area (Å²) >= 11 is 6.43. The van der Waals surface area contributed by atoms with Gasteiger partial charge in [-0.2, -0.15) is 0 Å². The number of piperidine rings is 1. The maximum atomic E-state index is 13.0. The molecule has 0 bridgehead atoms. The van der Waals surface area contributed by atoms with Crippen LogP contribution in [0.4, 0.5) is 0 Å². The summed E-state index contributed by atoms with van der Waals surface area (Å²) in [6.07, 6.45) is 3.17. The topological polar surface area (TPSA) is 32.8 Å². The van der Waals surface area contributed by atoms with E-state index in [1.54, 1.807) is 7.11 Å². The Hall–Kier alpha value is -2.04. The number of nitrogens with zero attached hydrogens (tertiary/aromatic N) is 2. The lowest BCUT2D eigenvalue weighted by Gasteiger charge is -2.39. The van der Waals surface area contributed by atoms with Gasteiger partial charge in [0.05, 0.1) is 7.11 Å². The Morgan fingerprint density at radius 2 is 1.93 bits per heavy atom. The Kier molecular flexibility index (Phi) is 5.46. The van der Waals surface area contributed by atoms with E-state index in [-0.39, 0.29) is 5.92 Å². The summed E-state index contributed by atoms with van der Waals surface area (Å²) in [6.45, 7) is 3.69. The van der Waals surface area contributed by atoms with E-state index in [4.69, 9.17) is 16.3 Å². The smallest absolute Gasteiger partial charge is 0.225 e. The van der Waals surface area contributed by atoms with Crippen molar-refractivity contribution < 1.29 is 9.53 Å². The molecule has 0 spiro atoms. The van der Waals surface area contributed by atoms with Gasteiger partial charge < -0.3 is 9.64 Å². The standard InChI is InChI=1S/C25H29ClN2O2/c1-30-20-7-4-6-18(13-20)21-16-28(25(29)17-9-10-17)24-11-12-27(15-22(21)24)14-19-5-2-3-8-23(19)26/h2-8,13,17,21-22,24H,9-12,14-16H2,1H3/t21-,22-,24-/m0/s1. The van der Waals surface area contributed by atoms with Gasteiger partial charge in [0.25, 0.3) is 0 Å². The number of fused-ring (bicyclic) bond motifs is 1. The summed E-state index contributed by atoms with van der Waals surface area (Å²) in [5.74, 6) is 2.34. The van der Waals surface area contributed by atoms with E-state index in [9.17, 15) is 4.79 Å². The number of rotatable bonds is 5. The van der Waals surface area contributed by atoms with Crippen molar-refractivity contribution in [3.8, 4) is 5.75 Å². The van der Waals surface area contributed by atoms with Gasteiger partial charge in [-0.05, 0) is 48.6 Å². The van der Waals surface area contributed by atoms with Crippen LogP contribution in [0.3, 0.4) is 0 Å². The zero-order chi connectivity index (χ0) is 20.7. The summed E-state index contributed by atoms with van der Waals surface area (Å²) in [5, 5.41) is 0.834. The van der Waals surface area contributed by atoms with Gasteiger partial charge in [0, 0.05) is 55.0 Å². The Morgan fingerprint density at radius 1 is 1.10 bits per heavy atom. The van der Waals surface area contributed by atoms with Gasteiger partial charge >= 0.3 is 0 Å². The minimum absolute atomic E-state index is 0.274. The van der Waals surface area contributed by atoms with Crippen LogP contribution in [0.2, 0.25) is 5.02 Å². The number of benzene rings is 2. The van der Waals surface area contributed by atoms with Crippen molar-refractivity contribution in [3.05, 3.63) is 64.7 Å². The molecule has 4 nitrogen and oxygen atoms in total. The highest BCUT2D eigenvalue weighted by Gasteiger charge is 2.49. The second-order valence-corrected chi connectivity index (χ2v) is 9.40. The van der Waals surface area contributed by atoms with Crippen LogP contribution in [-0.2, 0) is 11.3 Å². The van der Waals surface area contributed by atoms with E-state index in [2.05, 4.69) is 40.1 Å². The lowest BCUT2D eigenvalue weighted by molar-refractivity contribution is -0.134. The zero-order valence-corrected chi connectivity index (χ0v) is 18.2. The van der Waals surface area contributed by atoms with Crippen LogP contribution < -0.4 is 4.74 Å². The molecular weight excluding hydrogens is 396 g/mol. The lowest BCUT2D eigenvalue weighted by Crippen LogP contribution is -2.48. The van der Waals surface area contributed by atoms with Crippen molar-refractivity contribution in [1.82, 2.24) is 9.80 Å². The molecule has 0 aromatic heterocycles. The molecule has 30 heavy (non-hydrogen) atoms. The molecule has 2 aromatic carbocycles. The monoisotopic (exact) mass is 424 g/mol. The summed E-state index contributed by atoms with van der Waals surface area (Å²) < 4.78 is 5.48. The maximum absolute atomic E-state index is 13.0. The maximum Gasteiger partial charge on any atom is 0.225 e. The molecule has 0 N–H and O–H groups in total. The Bertz CT molecular complexity index is 929. The molecule has 2 saturated heterocycles. The number of methoxy groups -OCH3 is 1. The predicted molar refractivity (Wildman–Crippen MR) is 119 cm³/mol. The number of ether oxygens (including phenoxy) is 1. The highest BCUT2D eigenvalue weighted by molar-refractivity contribution is 6.31. The second-order valence-electron chi connectivity index (χ2n) is 8.99. The van der Waals surface area contributed by atoms with E-state index >= 15 is 0 Å². The number of hydrogen-bond donors (Lipinski definition) is 0. The number of likely N-dealkylation sites (tertiary alicyclic amines) is 2. The third-order valence-corrected chi connectivity index (χ3v) is 7.47. The highest BCUT2D eigenvalue weighted by Crippen LogP contribution is 2.45. The molecule has 2 aliphatic heterocycles. The van der Waals surface area contributed by atoms with Gasteiger partial charge in [0.1, 0.15) is 5.75 Å². The summed E-state index contributed by atoms with van der Waals surface area (Å²) in [6, 6.07) is 16.9. The molecule has 3 atom stereocenters. The Morgan fingerprint density at radius 3 is 2.70 bits per heavy atom. The third-order valence-electron chi connectivity index (χ3n) is 7.10. The fourth-order valence-electron chi connectivity index (χ4n) is 5.36.